The third-order valence-electron chi connectivity index (χ3n) is 4.63. The predicted molar refractivity (Wildman–Crippen MR) is 98.9 cm³/mol. The van der Waals surface area contributed by atoms with Crippen LogP contribution in [0.25, 0.3) is 0 Å². The van der Waals surface area contributed by atoms with Crippen LogP contribution in [0, 0.1) is 0 Å². The van der Waals surface area contributed by atoms with Gasteiger partial charge in [-0.15, -0.1) is 0 Å². The minimum atomic E-state index is -0.0920. The molecule has 1 aliphatic rings. The van der Waals surface area contributed by atoms with Gasteiger partial charge in [0, 0.05) is 39.8 Å². The van der Waals surface area contributed by atoms with Crippen LogP contribution < -0.4 is 9.64 Å². The van der Waals surface area contributed by atoms with E-state index >= 15 is 0 Å². The van der Waals surface area contributed by atoms with E-state index in [1.165, 1.54) is 0 Å². The van der Waals surface area contributed by atoms with Crippen molar-refractivity contribution in [2.45, 2.75) is 26.2 Å². The summed E-state index contributed by atoms with van der Waals surface area (Å²) >= 11 is 0. The summed E-state index contributed by atoms with van der Waals surface area (Å²) in [6, 6.07) is 7.91. The average molecular weight is 347 g/mol. The number of piperazine rings is 1. The highest BCUT2D eigenvalue weighted by Crippen LogP contribution is 2.28. The molecule has 6 nitrogen and oxygen atoms in total. The van der Waals surface area contributed by atoms with E-state index in [2.05, 4.69) is 11.8 Å². The maximum Gasteiger partial charge on any atom is 0.232 e. The van der Waals surface area contributed by atoms with Gasteiger partial charge < -0.3 is 19.4 Å². The molecule has 1 saturated heterocycles. The van der Waals surface area contributed by atoms with E-state index in [-0.39, 0.29) is 18.2 Å². The summed E-state index contributed by atoms with van der Waals surface area (Å²) in [7, 11) is 3.43. The first kappa shape index (κ1) is 19.1. The Labute approximate surface area is 150 Å². The van der Waals surface area contributed by atoms with Gasteiger partial charge >= 0.3 is 0 Å². The fourth-order valence-corrected chi connectivity index (χ4v) is 2.98. The second-order valence-corrected chi connectivity index (χ2v) is 6.39. The fraction of sp³-hybridized carbons (Fsp3) is 0.579. The van der Waals surface area contributed by atoms with E-state index in [9.17, 15) is 9.59 Å². The number of ether oxygens (including phenoxy) is 1. The molecule has 1 heterocycles. The number of amides is 2. The number of unbranched alkanes of at least 4 members (excludes halogenated alkanes) is 1. The number of carbonyl (C=O) groups is 2. The lowest BCUT2D eigenvalue weighted by molar-refractivity contribution is -0.140. The number of benzene rings is 1. The van der Waals surface area contributed by atoms with Crippen LogP contribution in [0.1, 0.15) is 26.2 Å². The molecule has 25 heavy (non-hydrogen) atoms. The molecule has 0 aromatic heterocycles. The third-order valence-corrected chi connectivity index (χ3v) is 4.63. The molecule has 1 fully saturated rings. The molecule has 2 amide bonds. The van der Waals surface area contributed by atoms with Crippen LogP contribution in [0.3, 0.4) is 0 Å². The molecule has 2 rings (SSSR count). The second-order valence-electron chi connectivity index (χ2n) is 6.39. The number of hydrogen-bond acceptors (Lipinski definition) is 4. The van der Waals surface area contributed by atoms with E-state index in [1.54, 1.807) is 24.0 Å². The number of anilines is 1. The van der Waals surface area contributed by atoms with E-state index < -0.39 is 0 Å². The van der Waals surface area contributed by atoms with Gasteiger partial charge in [0.15, 0.2) is 0 Å². The number of carbonyl (C=O) groups excluding carboxylic acids is 2. The number of methoxy groups -OCH3 is 1. The molecule has 0 N–H and O–H groups in total. The van der Waals surface area contributed by atoms with Crippen molar-refractivity contribution in [3.63, 3.8) is 0 Å². The highest BCUT2D eigenvalue weighted by Gasteiger charge is 2.25. The van der Waals surface area contributed by atoms with Crippen LogP contribution in [0.2, 0.25) is 0 Å². The Morgan fingerprint density at radius 1 is 1.16 bits per heavy atom. The summed E-state index contributed by atoms with van der Waals surface area (Å²) in [4.78, 5) is 30.2. The Kier molecular flexibility index (Phi) is 7.10. The molecule has 0 aliphatic carbocycles. The minimum Gasteiger partial charge on any atom is -0.495 e. The van der Waals surface area contributed by atoms with Gasteiger partial charge in [-0.05, 0) is 18.6 Å². The Bertz CT molecular complexity index is 583. The van der Waals surface area contributed by atoms with Crippen molar-refractivity contribution < 1.29 is 14.3 Å². The molecule has 0 bridgehead atoms. The van der Waals surface area contributed by atoms with Crippen molar-refractivity contribution in [3.05, 3.63) is 24.3 Å². The summed E-state index contributed by atoms with van der Waals surface area (Å²) in [5, 5.41) is 0. The first-order valence-corrected chi connectivity index (χ1v) is 8.96. The molecule has 1 aliphatic heterocycles. The summed E-state index contributed by atoms with van der Waals surface area (Å²) < 4.78 is 5.41. The van der Waals surface area contributed by atoms with Crippen molar-refractivity contribution in [1.29, 1.82) is 0 Å². The van der Waals surface area contributed by atoms with Gasteiger partial charge in [-0.2, -0.15) is 0 Å². The molecule has 1 aromatic rings. The Balaban J connectivity index is 1.85. The molecular weight excluding hydrogens is 318 g/mol. The zero-order chi connectivity index (χ0) is 18.2. The molecule has 0 unspecified atom stereocenters. The van der Waals surface area contributed by atoms with Gasteiger partial charge in [0.05, 0.1) is 12.8 Å². The Morgan fingerprint density at radius 3 is 2.48 bits per heavy atom. The van der Waals surface area contributed by atoms with Gasteiger partial charge in [-0.3, -0.25) is 9.59 Å². The zero-order valence-corrected chi connectivity index (χ0v) is 15.5. The molecule has 0 saturated carbocycles. The normalized spacial score (nSPS) is 14.4. The van der Waals surface area contributed by atoms with E-state index in [1.807, 2.05) is 24.3 Å². The Hall–Kier alpha value is -2.24. The molecule has 1 aromatic carbocycles. The van der Waals surface area contributed by atoms with Gasteiger partial charge in [-0.1, -0.05) is 25.5 Å². The number of nitrogens with zero attached hydrogens (tertiary/aromatic N) is 3. The lowest BCUT2D eigenvalue weighted by Crippen LogP contribution is -2.49. The van der Waals surface area contributed by atoms with Crippen molar-refractivity contribution in [2.24, 2.45) is 0 Å². The molecule has 0 spiro atoms. The summed E-state index contributed by atoms with van der Waals surface area (Å²) in [6.45, 7) is 5.54. The lowest BCUT2D eigenvalue weighted by atomic mass is 10.2. The van der Waals surface area contributed by atoms with E-state index in [4.69, 9.17) is 4.74 Å². The third kappa shape index (κ3) is 5.11. The van der Waals surface area contributed by atoms with Crippen LogP contribution >= 0.6 is 0 Å². The SMILES string of the molecule is CCCCN(C)C(=O)CC(=O)N1CCN(c2ccccc2OC)CC1. The fourth-order valence-electron chi connectivity index (χ4n) is 2.98. The number of rotatable bonds is 7. The molecule has 138 valence electrons. The van der Waals surface area contributed by atoms with E-state index in [0.717, 1.165) is 37.4 Å². The molecule has 0 radical (unpaired) electrons. The van der Waals surface area contributed by atoms with Crippen LogP contribution in [-0.4, -0.2) is 68.5 Å². The van der Waals surface area contributed by atoms with Crippen molar-refractivity contribution in [3.8, 4) is 5.75 Å². The number of para-hydroxylation sites is 2. The highest BCUT2D eigenvalue weighted by atomic mass is 16.5. The largest absolute Gasteiger partial charge is 0.495 e. The van der Waals surface area contributed by atoms with Crippen molar-refractivity contribution in [2.75, 3.05) is 51.8 Å². The predicted octanol–water partition coefficient (Wildman–Crippen LogP) is 1.99. The first-order chi connectivity index (χ1) is 12.1. The summed E-state index contributed by atoms with van der Waals surface area (Å²) in [6.07, 6.45) is 1.97. The molecular formula is C19H29N3O3. The van der Waals surface area contributed by atoms with Crippen LogP contribution in [0.5, 0.6) is 5.75 Å². The lowest BCUT2D eigenvalue weighted by Gasteiger charge is -2.36. The summed E-state index contributed by atoms with van der Waals surface area (Å²) in [5.74, 6) is 0.675. The average Bonchev–Trinajstić information content (AvgIpc) is 2.66. The molecule has 6 heteroatoms. The van der Waals surface area contributed by atoms with Gasteiger partial charge in [0.25, 0.3) is 0 Å². The topological polar surface area (TPSA) is 53.1 Å². The number of hydrogen-bond donors (Lipinski definition) is 0. The Morgan fingerprint density at radius 2 is 1.84 bits per heavy atom. The van der Waals surface area contributed by atoms with Gasteiger partial charge in [0.2, 0.25) is 11.8 Å². The second kappa shape index (κ2) is 9.30. The quantitative estimate of drug-likeness (QED) is 0.708. The van der Waals surface area contributed by atoms with E-state index in [0.29, 0.717) is 19.6 Å². The highest BCUT2D eigenvalue weighted by molar-refractivity contribution is 5.96. The maximum absolute atomic E-state index is 12.4. The van der Waals surface area contributed by atoms with Crippen molar-refractivity contribution >= 4 is 17.5 Å². The summed E-state index contributed by atoms with van der Waals surface area (Å²) in [5.41, 5.74) is 1.05. The monoisotopic (exact) mass is 347 g/mol. The smallest absolute Gasteiger partial charge is 0.232 e. The standard InChI is InChI=1S/C19H29N3O3/c1-4-5-10-20(2)18(23)15-19(24)22-13-11-21(12-14-22)16-8-6-7-9-17(16)25-3/h6-9H,4-5,10-15H2,1-3H3. The van der Waals surface area contributed by atoms with Gasteiger partial charge in [-0.25, -0.2) is 0 Å². The maximum atomic E-state index is 12.4. The van der Waals surface area contributed by atoms with Gasteiger partial charge in [0.1, 0.15) is 12.2 Å². The molecule has 0 atom stereocenters. The van der Waals surface area contributed by atoms with Crippen LogP contribution in [-0.2, 0) is 9.59 Å². The van der Waals surface area contributed by atoms with Crippen LogP contribution in [0.15, 0.2) is 24.3 Å². The van der Waals surface area contributed by atoms with Crippen LogP contribution in [0.4, 0.5) is 5.69 Å². The zero-order valence-electron chi connectivity index (χ0n) is 15.5. The first-order valence-electron chi connectivity index (χ1n) is 8.96. The van der Waals surface area contributed by atoms with Crippen molar-refractivity contribution in [1.82, 2.24) is 9.80 Å². The minimum absolute atomic E-state index is 0.0329.